The predicted molar refractivity (Wildman–Crippen MR) is 101 cm³/mol. The topological polar surface area (TPSA) is 62.2 Å². The highest BCUT2D eigenvalue weighted by Gasteiger charge is 2.10. The molecule has 2 N–H and O–H groups in total. The lowest BCUT2D eigenvalue weighted by molar-refractivity contribution is 0.835. The second-order valence-corrected chi connectivity index (χ2v) is 5.57. The molecule has 0 radical (unpaired) electrons. The maximum atomic E-state index is 12.5. The van der Waals surface area contributed by atoms with Crippen LogP contribution >= 0.6 is 12.2 Å². The van der Waals surface area contributed by atoms with Crippen LogP contribution in [0.3, 0.4) is 0 Å². The third-order valence-electron chi connectivity index (χ3n) is 3.47. The molecular weight excluding hydrogens is 320 g/mol. The molecule has 0 amide bonds. The minimum Gasteiger partial charge on any atom is -0.331 e. The summed E-state index contributed by atoms with van der Waals surface area (Å²) < 4.78 is 1.49. The summed E-state index contributed by atoms with van der Waals surface area (Å²) in [5.74, 6) is 0. The highest BCUT2D eigenvalue weighted by atomic mass is 32.1. The smallest absolute Gasteiger partial charge is 0.280 e. The number of rotatable bonds is 3. The van der Waals surface area contributed by atoms with Gasteiger partial charge in [0.1, 0.15) is 0 Å². The number of aromatic nitrogens is 2. The van der Waals surface area contributed by atoms with E-state index >= 15 is 0 Å². The van der Waals surface area contributed by atoms with Gasteiger partial charge in [-0.3, -0.25) is 9.89 Å². The van der Waals surface area contributed by atoms with Gasteiger partial charge in [0.2, 0.25) is 0 Å². The second kappa shape index (κ2) is 7.06. The van der Waals surface area contributed by atoms with Crippen molar-refractivity contribution in [1.82, 2.24) is 9.78 Å². The van der Waals surface area contributed by atoms with Crippen LogP contribution in [0.25, 0.3) is 5.69 Å². The van der Waals surface area contributed by atoms with Gasteiger partial charge in [-0.1, -0.05) is 36.4 Å². The number of aliphatic imine (C=N–C) groups is 1. The fourth-order valence-corrected chi connectivity index (χ4v) is 2.44. The number of aryl methyl sites for hydroxylation is 1. The monoisotopic (exact) mass is 336 g/mol. The first kappa shape index (κ1) is 15.9. The van der Waals surface area contributed by atoms with E-state index < -0.39 is 0 Å². The van der Waals surface area contributed by atoms with Crippen molar-refractivity contribution in [3.05, 3.63) is 82.3 Å². The quantitative estimate of drug-likeness (QED) is 0.570. The lowest BCUT2D eigenvalue weighted by Crippen LogP contribution is -2.17. The summed E-state index contributed by atoms with van der Waals surface area (Å²) in [5, 5.41) is 6.35. The number of hydrogen-bond acceptors (Lipinski definition) is 2. The van der Waals surface area contributed by atoms with Crippen molar-refractivity contribution in [2.75, 3.05) is 5.32 Å². The molecule has 0 fully saturated rings. The van der Waals surface area contributed by atoms with Crippen molar-refractivity contribution in [3.63, 3.8) is 0 Å². The lowest BCUT2D eigenvalue weighted by atomic mass is 10.3. The van der Waals surface area contributed by atoms with Gasteiger partial charge >= 0.3 is 0 Å². The molecule has 3 aromatic rings. The Kier molecular flexibility index (Phi) is 4.67. The number of thiocarbonyl (C=S) groups is 1. The molecule has 5 nitrogen and oxygen atoms in total. The molecule has 6 heteroatoms. The van der Waals surface area contributed by atoms with Crippen molar-refractivity contribution in [2.45, 2.75) is 6.92 Å². The molecule has 0 saturated heterocycles. The summed E-state index contributed by atoms with van der Waals surface area (Å²) in [6.45, 7) is 1.83. The largest absolute Gasteiger partial charge is 0.331 e. The number of H-pyrrole nitrogens is 1. The van der Waals surface area contributed by atoms with E-state index in [1.807, 2.05) is 67.6 Å². The summed E-state index contributed by atoms with van der Waals surface area (Å²) in [6.07, 6.45) is 1.49. The molecule has 1 aromatic heterocycles. The maximum absolute atomic E-state index is 12.5. The van der Waals surface area contributed by atoms with E-state index in [1.165, 1.54) is 10.9 Å². The number of nitrogens with zero attached hydrogens (tertiary/aromatic N) is 2. The molecule has 24 heavy (non-hydrogen) atoms. The van der Waals surface area contributed by atoms with Crippen molar-refractivity contribution in [3.8, 4) is 5.69 Å². The van der Waals surface area contributed by atoms with Gasteiger partial charge in [-0.05, 0) is 43.4 Å². The summed E-state index contributed by atoms with van der Waals surface area (Å²) in [7, 11) is 0. The molecule has 120 valence electrons. The zero-order valence-electron chi connectivity index (χ0n) is 13.1. The van der Waals surface area contributed by atoms with Gasteiger partial charge in [0.15, 0.2) is 5.11 Å². The molecule has 2 aromatic carbocycles. The highest BCUT2D eigenvalue weighted by molar-refractivity contribution is 7.80. The first-order valence-corrected chi connectivity index (χ1v) is 7.83. The first-order valence-electron chi connectivity index (χ1n) is 7.42. The minimum atomic E-state index is -0.162. The predicted octanol–water partition coefficient (Wildman–Crippen LogP) is 3.29. The van der Waals surface area contributed by atoms with Crippen LogP contribution in [-0.4, -0.2) is 21.1 Å². The highest BCUT2D eigenvalue weighted by Crippen LogP contribution is 2.07. The fraction of sp³-hybridized carbons (Fsp3) is 0.0556. The van der Waals surface area contributed by atoms with Gasteiger partial charge in [0.05, 0.1) is 11.3 Å². The molecule has 0 spiro atoms. The van der Waals surface area contributed by atoms with E-state index in [-0.39, 0.29) is 5.56 Å². The van der Waals surface area contributed by atoms with Crippen LogP contribution in [-0.2, 0) is 0 Å². The van der Waals surface area contributed by atoms with Gasteiger partial charge in [-0.15, -0.1) is 0 Å². The summed E-state index contributed by atoms with van der Waals surface area (Å²) >= 11 is 5.19. The van der Waals surface area contributed by atoms with E-state index in [9.17, 15) is 4.79 Å². The van der Waals surface area contributed by atoms with E-state index in [4.69, 9.17) is 12.2 Å². The zero-order chi connectivity index (χ0) is 16.9. The van der Waals surface area contributed by atoms with E-state index in [0.717, 1.165) is 17.1 Å². The van der Waals surface area contributed by atoms with E-state index in [1.54, 1.807) is 0 Å². The van der Waals surface area contributed by atoms with Crippen LogP contribution in [0, 0.1) is 6.92 Å². The Bertz CT molecular complexity index is 927. The molecular formula is C18H16N4OS. The maximum Gasteiger partial charge on any atom is 0.280 e. The van der Waals surface area contributed by atoms with Gasteiger partial charge in [0.25, 0.3) is 5.56 Å². The summed E-state index contributed by atoms with van der Waals surface area (Å²) in [5.41, 5.74) is 2.68. The molecule has 0 aliphatic heterocycles. The van der Waals surface area contributed by atoms with E-state index in [0.29, 0.717) is 10.7 Å². The van der Waals surface area contributed by atoms with Crippen LogP contribution in [0.1, 0.15) is 11.3 Å². The zero-order valence-corrected chi connectivity index (χ0v) is 13.9. The number of nitrogens with one attached hydrogen (secondary N) is 2. The van der Waals surface area contributed by atoms with Crippen LogP contribution in [0.5, 0.6) is 0 Å². The Labute approximate surface area is 144 Å². The Hall–Kier alpha value is -2.99. The van der Waals surface area contributed by atoms with Crippen LogP contribution in [0.2, 0.25) is 0 Å². The Morgan fingerprint density at radius 3 is 2.42 bits per heavy atom. The molecule has 0 atom stereocenters. The Morgan fingerprint density at radius 2 is 1.75 bits per heavy atom. The van der Waals surface area contributed by atoms with Crippen molar-refractivity contribution in [2.24, 2.45) is 4.99 Å². The average molecular weight is 336 g/mol. The first-order chi connectivity index (χ1) is 11.6. The lowest BCUT2D eigenvalue weighted by Gasteiger charge is -2.02. The molecule has 0 aliphatic rings. The summed E-state index contributed by atoms with van der Waals surface area (Å²) in [4.78, 5) is 16.7. The van der Waals surface area contributed by atoms with Gasteiger partial charge in [0, 0.05) is 17.6 Å². The number of aromatic amines is 1. The third kappa shape index (κ3) is 3.49. The average Bonchev–Trinajstić information content (AvgIpc) is 2.89. The molecule has 3 rings (SSSR count). The minimum absolute atomic E-state index is 0.162. The van der Waals surface area contributed by atoms with Crippen LogP contribution in [0.4, 0.5) is 5.69 Å². The molecule has 1 heterocycles. The Morgan fingerprint density at radius 1 is 1.12 bits per heavy atom. The van der Waals surface area contributed by atoms with Crippen molar-refractivity contribution < 1.29 is 0 Å². The standard InChI is InChI=1S/C18H16N4OS/c1-13-16(12-19-18(24)20-14-8-4-2-5-9-14)17(23)22(21-13)15-10-6-3-7-11-15/h2-12,21H,1H3,(H,20,24). The fourth-order valence-electron chi connectivity index (χ4n) is 2.27. The second-order valence-electron chi connectivity index (χ2n) is 5.18. The number of benzene rings is 2. The van der Waals surface area contributed by atoms with Gasteiger partial charge in [-0.25, -0.2) is 9.67 Å². The summed E-state index contributed by atoms with van der Waals surface area (Å²) in [6, 6.07) is 18.9. The number of para-hydroxylation sites is 2. The molecule has 0 saturated carbocycles. The molecule has 0 bridgehead atoms. The van der Waals surface area contributed by atoms with E-state index in [2.05, 4.69) is 15.4 Å². The Balaban J connectivity index is 1.82. The van der Waals surface area contributed by atoms with Gasteiger partial charge in [-0.2, -0.15) is 0 Å². The third-order valence-corrected chi connectivity index (χ3v) is 3.67. The van der Waals surface area contributed by atoms with Crippen LogP contribution < -0.4 is 10.9 Å². The normalized spacial score (nSPS) is 10.9. The van der Waals surface area contributed by atoms with Crippen molar-refractivity contribution in [1.29, 1.82) is 0 Å². The SMILES string of the molecule is Cc1[nH]n(-c2ccccc2)c(=O)c1C=NC(=S)Nc1ccccc1. The van der Waals surface area contributed by atoms with Crippen molar-refractivity contribution >= 4 is 29.2 Å². The van der Waals surface area contributed by atoms with Crippen LogP contribution in [0.15, 0.2) is 70.5 Å². The molecule has 0 unspecified atom stereocenters. The van der Waals surface area contributed by atoms with Gasteiger partial charge < -0.3 is 5.32 Å². The number of anilines is 1. The number of hydrogen-bond donors (Lipinski definition) is 2. The molecule has 0 aliphatic carbocycles.